The summed E-state index contributed by atoms with van der Waals surface area (Å²) in [6, 6.07) is 0. The van der Waals surface area contributed by atoms with Crippen LogP contribution >= 0.6 is 58.1 Å². The van der Waals surface area contributed by atoms with Crippen LogP contribution in [0.15, 0.2) is 0 Å². The summed E-state index contributed by atoms with van der Waals surface area (Å²) in [4.78, 5) is 0. The predicted molar refractivity (Wildman–Crippen MR) is 35.1 cm³/mol. The number of halogens is 6. The van der Waals surface area contributed by atoms with E-state index in [1.807, 2.05) is 0 Å². The topological polar surface area (TPSA) is 0 Å². The molecule has 0 amide bonds. The Hall–Kier alpha value is 7.27. The molecule has 0 N–H and O–H groups in total. The smallest absolute Gasteiger partial charge is 1.00 e. The van der Waals surface area contributed by atoms with E-state index in [2.05, 4.69) is 0 Å². The van der Waals surface area contributed by atoms with Crippen LogP contribution in [0.25, 0.3) is 0 Å². The molecule has 0 aromatic carbocycles. The van der Waals surface area contributed by atoms with Crippen LogP contribution in [0.5, 0.6) is 0 Å². The summed E-state index contributed by atoms with van der Waals surface area (Å²) in [5, 5.41) is 0. The van der Waals surface area contributed by atoms with Crippen molar-refractivity contribution < 1.29 is 161 Å². The third-order valence-corrected chi connectivity index (χ3v) is 0. The standard InChI is InChI=1S/6ClH.3K.Ru/h6*1H;;;;/q;;;;;;3*+1;+4/p-6. The second-order valence-electron chi connectivity index (χ2n) is 0.758. The SMILES string of the molecule is [Cl][Ru-2]([Cl])([Cl])([Cl])([Cl])[Cl].[K+].[K+].[K+]. The molecule has 52 valence electrons. The van der Waals surface area contributed by atoms with Gasteiger partial charge in [-0.25, -0.2) is 0 Å². The molecule has 0 unspecified atom stereocenters. The van der Waals surface area contributed by atoms with E-state index in [4.69, 9.17) is 58.1 Å². The minimum absolute atomic E-state index is 0. The maximum absolute atomic E-state index is 5.22. The molecule has 0 fully saturated rings. The first-order chi connectivity index (χ1) is 2.45. The molecule has 0 rings (SSSR count). The molecular weight excluding hydrogens is 431 g/mol. The van der Waals surface area contributed by atoms with Crippen LogP contribution in [0.3, 0.4) is 0 Å². The second-order valence-corrected chi connectivity index (χ2v) is 40.3. The van der Waals surface area contributed by atoms with Crippen molar-refractivity contribution in [1.82, 2.24) is 0 Å². The fraction of sp³-hybridized carbons (Fsp3) is 0. The summed E-state index contributed by atoms with van der Waals surface area (Å²) in [5.74, 6) is 0. The van der Waals surface area contributed by atoms with Crippen LogP contribution in [0, 0.1) is 0 Å². The summed E-state index contributed by atoms with van der Waals surface area (Å²) in [6.45, 7) is -5.22. The van der Waals surface area contributed by atoms with E-state index in [1.54, 1.807) is 0 Å². The van der Waals surface area contributed by atoms with Crippen LogP contribution in [0.2, 0.25) is 0 Å². The summed E-state index contributed by atoms with van der Waals surface area (Å²) >= 11 is 0. The predicted octanol–water partition coefficient (Wildman–Crippen LogP) is -4.85. The first-order valence-corrected chi connectivity index (χ1v) is 14.2. The molecule has 0 saturated heterocycles. The maximum atomic E-state index is 5.04. The zero-order chi connectivity index (χ0) is 6.41. The van der Waals surface area contributed by atoms with Gasteiger partial charge in [0, 0.05) is 0 Å². The molecule has 0 aromatic heterocycles. The second kappa shape index (κ2) is 7.65. The first kappa shape index (κ1) is 26.0. The Morgan fingerprint density at radius 3 is 0.500 bits per heavy atom. The van der Waals surface area contributed by atoms with Gasteiger partial charge in [0.1, 0.15) is 0 Å². The minimum Gasteiger partial charge on any atom is 1.00 e. The van der Waals surface area contributed by atoms with Crippen LogP contribution in [0.1, 0.15) is 0 Å². The van der Waals surface area contributed by atoms with Gasteiger partial charge in [-0.2, -0.15) is 0 Å². The fourth-order valence-corrected chi connectivity index (χ4v) is 0. The molecule has 0 bridgehead atoms. The van der Waals surface area contributed by atoms with Gasteiger partial charge in [-0.1, -0.05) is 0 Å². The Morgan fingerprint density at radius 1 is 0.500 bits per heavy atom. The van der Waals surface area contributed by atoms with Gasteiger partial charge >= 0.3 is 219 Å². The van der Waals surface area contributed by atoms with Crippen molar-refractivity contribution in [1.29, 1.82) is 0 Å². The van der Waals surface area contributed by atoms with E-state index in [1.165, 1.54) is 0 Å². The van der Waals surface area contributed by atoms with Gasteiger partial charge < -0.3 is 0 Å². The molecule has 0 aliphatic rings. The van der Waals surface area contributed by atoms with Crippen molar-refractivity contribution in [3.63, 3.8) is 0 Å². The van der Waals surface area contributed by atoms with E-state index < -0.39 is 6.48 Å². The Bertz CT molecular complexity index is 71.6. The van der Waals surface area contributed by atoms with Gasteiger partial charge in [0.05, 0.1) is 0 Å². The van der Waals surface area contributed by atoms with E-state index in [0.717, 1.165) is 0 Å². The monoisotopic (exact) mass is 429 g/mol. The molecule has 10 heteroatoms. The number of rotatable bonds is 0. The van der Waals surface area contributed by atoms with Gasteiger partial charge in [0.25, 0.3) is 0 Å². The quantitative estimate of drug-likeness (QED) is 0.338. The molecule has 0 aliphatic carbocycles. The zero-order valence-corrected chi connectivity index (χ0v) is 21.3. The van der Waals surface area contributed by atoms with Gasteiger partial charge in [0.15, 0.2) is 0 Å². The summed E-state index contributed by atoms with van der Waals surface area (Å²) < 4.78 is 0. The third kappa shape index (κ3) is 58.8. The van der Waals surface area contributed by atoms with Crippen molar-refractivity contribution >= 4 is 58.1 Å². The van der Waals surface area contributed by atoms with Gasteiger partial charge in [0.2, 0.25) is 0 Å². The molecule has 0 radical (unpaired) electrons. The average molecular weight is 431 g/mol. The van der Waals surface area contributed by atoms with Crippen LogP contribution in [0.4, 0.5) is 0 Å². The summed E-state index contributed by atoms with van der Waals surface area (Å²) in [6.07, 6.45) is 0. The molecular formula is Cl6K3Ru+. The molecule has 0 atom stereocenters. The molecule has 0 aliphatic heterocycles. The molecule has 10 heavy (non-hydrogen) atoms. The zero-order valence-electron chi connectivity index (χ0n) is 5.62. The minimum atomic E-state index is -5.22. The first-order valence-electron chi connectivity index (χ1n) is 0.802. The Morgan fingerprint density at radius 2 is 0.500 bits per heavy atom. The van der Waals surface area contributed by atoms with Gasteiger partial charge in [-0.3, -0.25) is 0 Å². The number of hydrogen-bond donors (Lipinski definition) is 0. The largest absolute Gasteiger partial charge is 1.00 e. The fourth-order valence-electron chi connectivity index (χ4n) is 0. The van der Waals surface area contributed by atoms with Crippen molar-refractivity contribution in [3.8, 4) is 0 Å². The Balaban J connectivity index is -0.0000000600. The molecule has 0 nitrogen and oxygen atoms in total. The van der Waals surface area contributed by atoms with Crippen molar-refractivity contribution in [2.45, 2.75) is 0 Å². The Labute approximate surface area is 211 Å². The van der Waals surface area contributed by atoms with Gasteiger partial charge in [-0.05, 0) is 0 Å². The van der Waals surface area contributed by atoms with E-state index in [0.29, 0.717) is 0 Å². The van der Waals surface area contributed by atoms with Crippen molar-refractivity contribution in [3.05, 3.63) is 0 Å². The molecule has 0 spiro atoms. The van der Waals surface area contributed by atoms with Crippen LogP contribution in [-0.4, -0.2) is 0 Å². The maximum Gasteiger partial charge on any atom is 1.00 e. The Kier molecular flexibility index (Phi) is 19.9. The average Bonchev–Trinajstić information content (AvgIpc) is 0.592. The van der Waals surface area contributed by atoms with Crippen LogP contribution in [-0.2, 0) is 6.48 Å². The normalized spacial score (nSPS) is 16.2. The van der Waals surface area contributed by atoms with Crippen molar-refractivity contribution in [2.75, 3.05) is 0 Å². The summed E-state index contributed by atoms with van der Waals surface area (Å²) in [5.41, 5.74) is 0. The molecule has 0 aromatic rings. The molecule has 0 saturated carbocycles. The van der Waals surface area contributed by atoms with Crippen LogP contribution < -0.4 is 154 Å². The third-order valence-electron chi connectivity index (χ3n) is 0. The van der Waals surface area contributed by atoms with Gasteiger partial charge in [-0.15, -0.1) is 0 Å². The van der Waals surface area contributed by atoms with E-state index in [-0.39, 0.29) is 154 Å². The molecule has 0 heterocycles. The van der Waals surface area contributed by atoms with E-state index >= 15 is 0 Å². The van der Waals surface area contributed by atoms with E-state index in [9.17, 15) is 0 Å². The number of hydrogen-bond acceptors (Lipinski definition) is 0. The van der Waals surface area contributed by atoms with Crippen molar-refractivity contribution in [2.24, 2.45) is 0 Å². The summed E-state index contributed by atoms with van der Waals surface area (Å²) in [7, 11) is 30.3.